The highest BCUT2D eigenvalue weighted by Crippen LogP contribution is 2.20. The van der Waals surface area contributed by atoms with Gasteiger partial charge in [0.15, 0.2) is 0 Å². The summed E-state index contributed by atoms with van der Waals surface area (Å²) in [6.45, 7) is 6.90. The number of aryl methyl sites for hydroxylation is 1. The van der Waals surface area contributed by atoms with E-state index in [0.717, 1.165) is 49.9 Å². The molecule has 2 aromatic heterocycles. The maximum absolute atomic E-state index is 12.4. The van der Waals surface area contributed by atoms with Gasteiger partial charge in [0.25, 0.3) is 5.91 Å². The number of carbonyl (C=O) groups excluding carboxylic acids is 1. The number of carbonyl (C=O) groups is 1. The fourth-order valence-electron chi connectivity index (χ4n) is 2.96. The van der Waals surface area contributed by atoms with Crippen molar-refractivity contribution in [3.63, 3.8) is 0 Å². The van der Waals surface area contributed by atoms with Gasteiger partial charge in [-0.3, -0.25) is 4.79 Å². The van der Waals surface area contributed by atoms with Crippen molar-refractivity contribution in [2.24, 2.45) is 0 Å². The van der Waals surface area contributed by atoms with E-state index in [1.165, 1.54) is 6.42 Å². The van der Waals surface area contributed by atoms with E-state index < -0.39 is 0 Å². The standard InChI is InChI=1S/C17H23N5O/c1-3-21(4-2)14-9-8-13(11-18-14)17(23)20-16-12-19-15-7-5-6-10-22(15)16/h8-9,11-12H,3-7,10H2,1-2H3,(H,20,23). The molecule has 1 amide bonds. The number of amides is 1. The summed E-state index contributed by atoms with van der Waals surface area (Å²) in [6, 6.07) is 3.72. The number of imidazole rings is 1. The van der Waals surface area contributed by atoms with Gasteiger partial charge < -0.3 is 14.8 Å². The number of hydrogen-bond donors (Lipinski definition) is 1. The zero-order valence-corrected chi connectivity index (χ0v) is 13.7. The van der Waals surface area contributed by atoms with E-state index in [4.69, 9.17) is 0 Å². The summed E-state index contributed by atoms with van der Waals surface area (Å²) in [5, 5.41) is 2.95. The molecule has 0 aromatic carbocycles. The first-order valence-corrected chi connectivity index (χ1v) is 8.29. The Hall–Kier alpha value is -2.37. The number of fused-ring (bicyclic) bond motifs is 1. The van der Waals surface area contributed by atoms with Gasteiger partial charge in [-0.1, -0.05) is 0 Å². The van der Waals surface area contributed by atoms with Crippen LogP contribution in [0.1, 0.15) is 42.9 Å². The minimum Gasteiger partial charge on any atom is -0.357 e. The summed E-state index contributed by atoms with van der Waals surface area (Å²) < 4.78 is 2.10. The van der Waals surface area contributed by atoms with Crippen molar-refractivity contribution in [2.75, 3.05) is 23.3 Å². The van der Waals surface area contributed by atoms with E-state index in [1.54, 1.807) is 12.4 Å². The molecule has 0 bridgehead atoms. The van der Waals surface area contributed by atoms with Gasteiger partial charge in [0.05, 0.1) is 11.8 Å². The molecule has 0 saturated heterocycles. The minimum absolute atomic E-state index is 0.142. The molecule has 1 N–H and O–H groups in total. The first kappa shape index (κ1) is 15.5. The van der Waals surface area contributed by atoms with Gasteiger partial charge in [0.2, 0.25) is 0 Å². The lowest BCUT2D eigenvalue weighted by Crippen LogP contribution is -2.23. The second-order valence-corrected chi connectivity index (χ2v) is 5.70. The third-order valence-electron chi connectivity index (χ3n) is 4.31. The van der Waals surface area contributed by atoms with Crippen molar-refractivity contribution in [3.8, 4) is 0 Å². The van der Waals surface area contributed by atoms with Gasteiger partial charge in [0, 0.05) is 32.3 Å². The lowest BCUT2D eigenvalue weighted by molar-refractivity contribution is 0.102. The van der Waals surface area contributed by atoms with Crippen LogP contribution in [-0.2, 0) is 13.0 Å². The zero-order chi connectivity index (χ0) is 16.2. The maximum atomic E-state index is 12.4. The number of rotatable bonds is 5. The third-order valence-corrected chi connectivity index (χ3v) is 4.31. The normalized spacial score (nSPS) is 13.5. The third kappa shape index (κ3) is 3.21. The van der Waals surface area contributed by atoms with Crippen LogP contribution in [0.4, 0.5) is 11.6 Å². The largest absolute Gasteiger partial charge is 0.357 e. The molecular weight excluding hydrogens is 290 g/mol. The molecule has 2 aromatic rings. The van der Waals surface area contributed by atoms with Crippen LogP contribution in [0.2, 0.25) is 0 Å². The van der Waals surface area contributed by atoms with Crippen LogP contribution in [0.25, 0.3) is 0 Å². The highest BCUT2D eigenvalue weighted by atomic mass is 16.1. The van der Waals surface area contributed by atoms with E-state index >= 15 is 0 Å². The Labute approximate surface area is 136 Å². The molecule has 122 valence electrons. The van der Waals surface area contributed by atoms with Crippen molar-refractivity contribution in [1.29, 1.82) is 0 Å². The Kier molecular flexibility index (Phi) is 4.60. The molecule has 23 heavy (non-hydrogen) atoms. The molecule has 0 atom stereocenters. The number of nitrogens with zero attached hydrogens (tertiary/aromatic N) is 4. The van der Waals surface area contributed by atoms with Gasteiger partial charge in [-0.25, -0.2) is 9.97 Å². The minimum atomic E-state index is -0.142. The topological polar surface area (TPSA) is 63.1 Å². The molecule has 3 heterocycles. The molecule has 0 fully saturated rings. The quantitative estimate of drug-likeness (QED) is 0.922. The zero-order valence-electron chi connectivity index (χ0n) is 13.7. The lowest BCUT2D eigenvalue weighted by atomic mass is 10.2. The average molecular weight is 313 g/mol. The van der Waals surface area contributed by atoms with Crippen LogP contribution in [-0.4, -0.2) is 33.5 Å². The second-order valence-electron chi connectivity index (χ2n) is 5.70. The van der Waals surface area contributed by atoms with Crippen molar-refractivity contribution in [3.05, 3.63) is 35.9 Å². The number of aromatic nitrogens is 3. The van der Waals surface area contributed by atoms with Crippen LogP contribution < -0.4 is 10.2 Å². The van der Waals surface area contributed by atoms with E-state index in [0.29, 0.717) is 5.56 Å². The van der Waals surface area contributed by atoms with Crippen molar-refractivity contribution in [2.45, 2.75) is 39.7 Å². The Morgan fingerprint density at radius 3 is 2.74 bits per heavy atom. The predicted octanol–water partition coefficient (Wildman–Crippen LogP) is 2.71. The molecule has 0 radical (unpaired) electrons. The fraction of sp³-hybridized carbons (Fsp3) is 0.471. The summed E-state index contributed by atoms with van der Waals surface area (Å²) in [6.07, 6.45) is 6.66. The monoisotopic (exact) mass is 313 g/mol. The van der Waals surface area contributed by atoms with E-state index in [-0.39, 0.29) is 5.91 Å². The molecule has 6 nitrogen and oxygen atoms in total. The highest BCUT2D eigenvalue weighted by Gasteiger charge is 2.16. The average Bonchev–Trinajstić information content (AvgIpc) is 3.00. The second kappa shape index (κ2) is 6.81. The summed E-state index contributed by atoms with van der Waals surface area (Å²) in [5.41, 5.74) is 0.562. The summed E-state index contributed by atoms with van der Waals surface area (Å²) in [7, 11) is 0. The molecule has 1 aliphatic heterocycles. The first-order valence-electron chi connectivity index (χ1n) is 8.29. The molecule has 1 aliphatic rings. The van der Waals surface area contributed by atoms with Crippen LogP contribution >= 0.6 is 0 Å². The van der Waals surface area contributed by atoms with Crippen molar-refractivity contribution < 1.29 is 4.79 Å². The molecular formula is C17H23N5O. The Morgan fingerprint density at radius 1 is 1.22 bits per heavy atom. The summed E-state index contributed by atoms with van der Waals surface area (Å²) in [4.78, 5) is 23.4. The van der Waals surface area contributed by atoms with Gasteiger partial charge >= 0.3 is 0 Å². The van der Waals surface area contributed by atoms with Crippen molar-refractivity contribution in [1.82, 2.24) is 14.5 Å². The molecule has 3 rings (SSSR count). The molecule has 0 aliphatic carbocycles. The molecule has 0 unspecified atom stereocenters. The smallest absolute Gasteiger partial charge is 0.258 e. The maximum Gasteiger partial charge on any atom is 0.258 e. The van der Waals surface area contributed by atoms with Gasteiger partial charge in [-0.2, -0.15) is 0 Å². The Balaban J connectivity index is 1.72. The Morgan fingerprint density at radius 2 is 2.04 bits per heavy atom. The van der Waals surface area contributed by atoms with Crippen molar-refractivity contribution >= 4 is 17.5 Å². The fourth-order valence-corrected chi connectivity index (χ4v) is 2.96. The van der Waals surface area contributed by atoms with Crippen LogP contribution in [0, 0.1) is 0 Å². The number of hydrogen-bond acceptors (Lipinski definition) is 4. The van der Waals surface area contributed by atoms with Crippen LogP contribution in [0.5, 0.6) is 0 Å². The highest BCUT2D eigenvalue weighted by molar-refractivity contribution is 6.03. The summed E-state index contributed by atoms with van der Waals surface area (Å²) >= 11 is 0. The van der Waals surface area contributed by atoms with Crippen LogP contribution in [0.15, 0.2) is 24.5 Å². The predicted molar refractivity (Wildman–Crippen MR) is 90.9 cm³/mol. The first-order chi connectivity index (χ1) is 11.2. The molecule has 0 spiro atoms. The van der Waals surface area contributed by atoms with E-state index in [1.807, 2.05) is 12.1 Å². The SMILES string of the molecule is CCN(CC)c1ccc(C(=O)Nc2cnc3n2CCCC3)cn1. The Bertz CT molecular complexity index is 673. The van der Waals surface area contributed by atoms with Gasteiger partial charge in [-0.15, -0.1) is 0 Å². The number of pyridine rings is 1. The number of nitrogens with one attached hydrogen (secondary N) is 1. The molecule has 0 saturated carbocycles. The lowest BCUT2D eigenvalue weighted by Gasteiger charge is -2.19. The number of anilines is 2. The van der Waals surface area contributed by atoms with Gasteiger partial charge in [-0.05, 0) is 38.8 Å². The summed E-state index contributed by atoms with van der Waals surface area (Å²) in [5.74, 6) is 2.59. The van der Waals surface area contributed by atoms with Gasteiger partial charge in [0.1, 0.15) is 17.5 Å². The van der Waals surface area contributed by atoms with Crippen LogP contribution in [0.3, 0.4) is 0 Å². The molecule has 6 heteroatoms. The van der Waals surface area contributed by atoms with E-state index in [9.17, 15) is 4.79 Å². The van der Waals surface area contributed by atoms with E-state index in [2.05, 4.69) is 38.6 Å².